The average Bonchev–Trinajstić information content (AvgIpc) is 2.56. The Bertz CT molecular complexity index is 697. The van der Waals surface area contributed by atoms with Crippen LogP contribution in [0.25, 0.3) is 0 Å². The fourth-order valence-electron chi connectivity index (χ4n) is 2.51. The summed E-state index contributed by atoms with van der Waals surface area (Å²) in [5.41, 5.74) is -0.786. The monoisotopic (exact) mass is 476 g/mol. The van der Waals surface area contributed by atoms with E-state index in [4.69, 9.17) is 9.47 Å². The first-order valence-corrected chi connectivity index (χ1v) is 10.4. The average molecular weight is 477 g/mol. The minimum atomic E-state index is -1.60. The third-order valence-corrected chi connectivity index (χ3v) is 3.58. The van der Waals surface area contributed by atoms with Gasteiger partial charge in [0.15, 0.2) is 5.92 Å². The van der Waals surface area contributed by atoms with E-state index in [2.05, 4.69) is 0 Å². The number of hydrogen-bond donors (Lipinski definition) is 1. The first-order valence-electron chi connectivity index (χ1n) is 10.4. The van der Waals surface area contributed by atoms with Gasteiger partial charge in [0.2, 0.25) is 0 Å². The minimum Gasteiger partial charge on any atom is -0.850 e. The first-order chi connectivity index (χ1) is 14.0. The van der Waals surface area contributed by atoms with Crippen molar-refractivity contribution in [3.63, 3.8) is 0 Å². The van der Waals surface area contributed by atoms with Crippen LogP contribution in [0.1, 0.15) is 67.4 Å². The van der Waals surface area contributed by atoms with Crippen LogP contribution in [-0.2, 0) is 30.5 Å². The predicted octanol–water partition coefficient (Wildman–Crippen LogP) is 0.584. The zero-order valence-corrected chi connectivity index (χ0v) is 24.1. The molecule has 176 valence electrons. The van der Waals surface area contributed by atoms with E-state index in [0.717, 1.165) is 5.56 Å². The summed E-state index contributed by atoms with van der Waals surface area (Å²) in [6.07, 6.45) is 0.215. The van der Waals surface area contributed by atoms with E-state index in [9.17, 15) is 24.6 Å². The molecule has 1 N–H and O–H groups in total. The van der Waals surface area contributed by atoms with Crippen molar-refractivity contribution in [3.8, 4) is 0 Å². The number of benzene rings is 1. The number of rotatable bonds is 8. The second kappa shape index (κ2) is 15.2. The maximum Gasteiger partial charge on any atom is 1.00 e. The third-order valence-electron chi connectivity index (χ3n) is 3.58. The van der Waals surface area contributed by atoms with Crippen molar-refractivity contribution in [1.82, 2.24) is 0 Å². The van der Waals surface area contributed by atoms with Gasteiger partial charge < -0.3 is 19.7 Å². The maximum atomic E-state index is 12.5. The molecule has 0 amide bonds. The van der Waals surface area contributed by atoms with E-state index in [1.54, 1.807) is 65.8 Å². The fourth-order valence-corrected chi connectivity index (χ4v) is 2.51. The van der Waals surface area contributed by atoms with Gasteiger partial charge in [0.1, 0.15) is 12.2 Å². The molecule has 0 spiro atoms. The summed E-state index contributed by atoms with van der Waals surface area (Å²) in [5.74, 6) is -5.71. The quantitative estimate of drug-likeness (QED) is 0.332. The second-order valence-corrected chi connectivity index (χ2v) is 9.79. The Labute approximate surface area is 234 Å². The van der Waals surface area contributed by atoms with Gasteiger partial charge in [-0.1, -0.05) is 65.0 Å². The number of carbonyl (C=O) groups is 3. The van der Waals surface area contributed by atoms with Crippen molar-refractivity contribution in [1.29, 1.82) is 0 Å². The standard InChI is InChI=1S/C20H28O6.C4H9O.K/c1-13(2)11-15(18(23)26-20(3,4)5)16(17(21)22)19(24)25-12-14-9-7-6-8-10-14;1-4(2,3)5;/h6-10,13,15-16H,11-12H2,1-5H3,(H,21,22);1-3H3;/q;-1;+1. The molecule has 2 unspecified atom stereocenters. The molecule has 0 radical (unpaired) electrons. The molecule has 1 aromatic carbocycles. The number of carbonyl (C=O) groups excluding carboxylic acids is 2. The Morgan fingerprint density at radius 3 is 1.81 bits per heavy atom. The van der Waals surface area contributed by atoms with Crippen LogP contribution in [0.3, 0.4) is 0 Å². The van der Waals surface area contributed by atoms with E-state index < -0.39 is 40.9 Å². The van der Waals surface area contributed by atoms with E-state index >= 15 is 0 Å². The van der Waals surface area contributed by atoms with E-state index in [1.165, 1.54) is 0 Å². The molecule has 8 heteroatoms. The third kappa shape index (κ3) is 16.8. The Hall–Kier alpha value is -0.774. The molecule has 0 saturated heterocycles. The zero-order chi connectivity index (χ0) is 24.4. The summed E-state index contributed by atoms with van der Waals surface area (Å²) in [6, 6.07) is 8.94. The normalized spacial score (nSPS) is 13.1. The largest absolute Gasteiger partial charge is 1.00 e. The molecular weight excluding hydrogens is 439 g/mol. The van der Waals surface area contributed by atoms with Crippen LogP contribution in [0.4, 0.5) is 0 Å². The summed E-state index contributed by atoms with van der Waals surface area (Å²) in [6.45, 7) is 13.6. The van der Waals surface area contributed by atoms with Crippen molar-refractivity contribution in [2.45, 2.75) is 79.6 Å². The zero-order valence-electron chi connectivity index (χ0n) is 20.9. The van der Waals surface area contributed by atoms with E-state index in [1.807, 2.05) is 19.9 Å². The Morgan fingerprint density at radius 2 is 1.44 bits per heavy atom. The van der Waals surface area contributed by atoms with Gasteiger partial charge >= 0.3 is 69.3 Å². The molecule has 1 aromatic rings. The summed E-state index contributed by atoms with van der Waals surface area (Å²) in [4.78, 5) is 36.7. The first kappa shape index (κ1) is 33.4. The molecule has 32 heavy (non-hydrogen) atoms. The minimum absolute atomic E-state index is 0. The molecule has 0 aliphatic heterocycles. The van der Waals surface area contributed by atoms with Gasteiger partial charge in [-0.05, 0) is 38.7 Å². The molecule has 0 fully saturated rings. The molecule has 7 nitrogen and oxygen atoms in total. The number of carboxylic acids is 1. The van der Waals surface area contributed by atoms with Gasteiger partial charge in [-0.2, -0.15) is 0 Å². The van der Waals surface area contributed by atoms with Gasteiger partial charge in [0.05, 0.1) is 5.92 Å². The number of ether oxygens (including phenoxy) is 2. The van der Waals surface area contributed by atoms with Crippen molar-refractivity contribution in [2.75, 3.05) is 0 Å². The molecule has 0 aromatic heterocycles. The smallest absolute Gasteiger partial charge is 0.850 e. The molecule has 0 aliphatic rings. The molecule has 0 saturated carbocycles. The summed E-state index contributed by atoms with van der Waals surface area (Å²) >= 11 is 0. The van der Waals surface area contributed by atoms with Gasteiger partial charge in [0.25, 0.3) is 0 Å². The Kier molecular flexibility index (Phi) is 15.9. The second-order valence-electron chi connectivity index (χ2n) is 9.79. The Balaban J connectivity index is 0. The van der Waals surface area contributed by atoms with Crippen LogP contribution in [0.5, 0.6) is 0 Å². The number of aliphatic carboxylic acids is 1. The molecule has 0 bridgehead atoms. The topological polar surface area (TPSA) is 113 Å². The molecule has 2 atom stereocenters. The van der Waals surface area contributed by atoms with Crippen LogP contribution in [0, 0.1) is 17.8 Å². The van der Waals surface area contributed by atoms with Gasteiger partial charge in [0, 0.05) is 0 Å². The molecule has 0 heterocycles. The van der Waals surface area contributed by atoms with Gasteiger partial charge in [-0.25, -0.2) is 0 Å². The van der Waals surface area contributed by atoms with Crippen molar-refractivity contribution in [3.05, 3.63) is 35.9 Å². The molecular formula is C24H37KO7. The summed E-state index contributed by atoms with van der Waals surface area (Å²) in [5, 5.41) is 19.7. The van der Waals surface area contributed by atoms with E-state index in [-0.39, 0.29) is 70.3 Å². The SMILES string of the molecule is CC(C)(C)[O-].CC(C)CC(C(=O)OC(C)(C)C)C(C(=O)O)C(=O)OCc1ccccc1.[K+]. The predicted molar refractivity (Wildman–Crippen MR) is 116 cm³/mol. The van der Waals surface area contributed by atoms with Crippen LogP contribution in [0.15, 0.2) is 30.3 Å². The number of carboxylic acid groups (broad SMARTS) is 1. The maximum absolute atomic E-state index is 12.5. The number of esters is 2. The van der Waals surface area contributed by atoms with Crippen molar-refractivity contribution >= 4 is 17.9 Å². The van der Waals surface area contributed by atoms with Gasteiger partial charge in [-0.3, -0.25) is 14.4 Å². The molecule has 0 aliphatic carbocycles. The van der Waals surface area contributed by atoms with Crippen LogP contribution < -0.4 is 56.5 Å². The van der Waals surface area contributed by atoms with Crippen molar-refractivity contribution < 1.29 is 85.5 Å². The summed E-state index contributed by atoms with van der Waals surface area (Å²) in [7, 11) is 0. The van der Waals surface area contributed by atoms with Crippen LogP contribution in [-0.4, -0.2) is 34.2 Å². The molecule has 1 rings (SSSR count). The van der Waals surface area contributed by atoms with E-state index in [0.29, 0.717) is 0 Å². The fraction of sp³-hybridized carbons (Fsp3) is 0.625. The Morgan fingerprint density at radius 1 is 0.969 bits per heavy atom. The number of hydrogen-bond acceptors (Lipinski definition) is 6. The van der Waals surface area contributed by atoms with Gasteiger partial charge in [-0.15, -0.1) is 5.60 Å². The van der Waals surface area contributed by atoms with Crippen LogP contribution >= 0.6 is 0 Å². The van der Waals surface area contributed by atoms with Crippen LogP contribution in [0.2, 0.25) is 0 Å². The van der Waals surface area contributed by atoms with Crippen molar-refractivity contribution in [2.24, 2.45) is 17.8 Å². The summed E-state index contributed by atoms with van der Waals surface area (Å²) < 4.78 is 10.5.